The van der Waals surface area contributed by atoms with Crippen LogP contribution in [0.5, 0.6) is 0 Å². The number of fused-ring (bicyclic) bond motifs is 1. The van der Waals surface area contributed by atoms with Crippen LogP contribution in [0.1, 0.15) is 12.8 Å². The van der Waals surface area contributed by atoms with Gasteiger partial charge in [0.25, 0.3) is 0 Å². The summed E-state index contributed by atoms with van der Waals surface area (Å²) in [5.74, 6) is 0.882. The SMILES string of the molecule is OCC(CSc1nc2ccccc2s1)NC1CC1. The van der Waals surface area contributed by atoms with Gasteiger partial charge in [-0.05, 0) is 25.0 Å². The van der Waals surface area contributed by atoms with E-state index < -0.39 is 0 Å². The first-order valence-electron chi connectivity index (χ1n) is 6.20. The van der Waals surface area contributed by atoms with E-state index >= 15 is 0 Å². The maximum atomic E-state index is 9.33. The number of aromatic nitrogens is 1. The average molecular weight is 280 g/mol. The molecule has 2 aromatic rings. The average Bonchev–Trinajstić information content (AvgIpc) is 3.11. The lowest BCUT2D eigenvalue weighted by atomic mass is 10.3. The van der Waals surface area contributed by atoms with E-state index in [4.69, 9.17) is 0 Å². The molecular formula is C13H16N2OS2. The second-order valence-corrected chi connectivity index (χ2v) is 6.88. The molecule has 0 bridgehead atoms. The fourth-order valence-corrected chi connectivity index (χ4v) is 3.94. The summed E-state index contributed by atoms with van der Waals surface area (Å²) in [5.41, 5.74) is 1.07. The molecule has 1 saturated carbocycles. The third kappa shape index (κ3) is 3.03. The number of thiazole rings is 1. The highest BCUT2D eigenvalue weighted by atomic mass is 32.2. The molecule has 3 rings (SSSR count). The number of nitrogens with one attached hydrogen (secondary N) is 1. The Morgan fingerprint density at radius 3 is 3.00 bits per heavy atom. The number of hydrogen-bond acceptors (Lipinski definition) is 5. The fraction of sp³-hybridized carbons (Fsp3) is 0.462. The van der Waals surface area contributed by atoms with Crippen LogP contribution in [0.3, 0.4) is 0 Å². The molecule has 1 aromatic carbocycles. The van der Waals surface area contributed by atoms with Crippen molar-refractivity contribution in [1.82, 2.24) is 10.3 Å². The van der Waals surface area contributed by atoms with E-state index in [1.54, 1.807) is 23.1 Å². The van der Waals surface area contributed by atoms with Crippen molar-refractivity contribution in [3.05, 3.63) is 24.3 Å². The van der Waals surface area contributed by atoms with Gasteiger partial charge in [0.2, 0.25) is 0 Å². The van der Waals surface area contributed by atoms with E-state index in [2.05, 4.69) is 16.4 Å². The number of thioether (sulfide) groups is 1. The molecule has 0 amide bonds. The largest absolute Gasteiger partial charge is 0.395 e. The van der Waals surface area contributed by atoms with Crippen LogP contribution in [0.25, 0.3) is 10.2 Å². The molecular weight excluding hydrogens is 264 g/mol. The Bertz CT molecular complexity index is 491. The second kappa shape index (κ2) is 5.57. The van der Waals surface area contributed by atoms with Gasteiger partial charge in [0.15, 0.2) is 4.34 Å². The highest BCUT2D eigenvalue weighted by molar-refractivity contribution is 8.01. The van der Waals surface area contributed by atoms with Crippen LogP contribution in [-0.2, 0) is 0 Å². The van der Waals surface area contributed by atoms with Crippen LogP contribution in [0.15, 0.2) is 28.6 Å². The van der Waals surface area contributed by atoms with Crippen molar-refractivity contribution in [2.45, 2.75) is 29.3 Å². The summed E-state index contributed by atoms with van der Waals surface area (Å²) >= 11 is 3.46. The zero-order chi connectivity index (χ0) is 12.4. The number of aliphatic hydroxyl groups is 1. The summed E-state index contributed by atoms with van der Waals surface area (Å²) in [4.78, 5) is 4.59. The molecule has 1 unspecified atom stereocenters. The number of nitrogens with zero attached hydrogens (tertiary/aromatic N) is 1. The fourth-order valence-electron chi connectivity index (χ4n) is 1.82. The summed E-state index contributed by atoms with van der Waals surface area (Å²) in [7, 11) is 0. The first-order chi connectivity index (χ1) is 8.85. The number of aliphatic hydroxyl groups excluding tert-OH is 1. The zero-order valence-electron chi connectivity index (χ0n) is 10.0. The molecule has 1 heterocycles. The van der Waals surface area contributed by atoms with Gasteiger partial charge in [0.05, 0.1) is 16.8 Å². The Kier molecular flexibility index (Phi) is 3.84. The van der Waals surface area contributed by atoms with E-state index in [-0.39, 0.29) is 12.6 Å². The summed E-state index contributed by atoms with van der Waals surface area (Å²) in [6.07, 6.45) is 2.50. The van der Waals surface area contributed by atoms with Crippen molar-refractivity contribution in [1.29, 1.82) is 0 Å². The molecule has 3 nitrogen and oxygen atoms in total. The van der Waals surface area contributed by atoms with Crippen LogP contribution in [0, 0.1) is 0 Å². The maximum absolute atomic E-state index is 9.33. The minimum atomic E-state index is 0.189. The minimum absolute atomic E-state index is 0.189. The minimum Gasteiger partial charge on any atom is -0.395 e. The monoisotopic (exact) mass is 280 g/mol. The van der Waals surface area contributed by atoms with Crippen LogP contribution < -0.4 is 5.32 Å². The van der Waals surface area contributed by atoms with Gasteiger partial charge in [-0.3, -0.25) is 0 Å². The molecule has 18 heavy (non-hydrogen) atoms. The molecule has 1 aliphatic rings. The molecule has 2 N–H and O–H groups in total. The van der Waals surface area contributed by atoms with Crippen molar-refractivity contribution in [3.8, 4) is 0 Å². The first kappa shape index (κ1) is 12.4. The summed E-state index contributed by atoms with van der Waals surface area (Å²) in [5, 5.41) is 12.8. The summed E-state index contributed by atoms with van der Waals surface area (Å²) < 4.78 is 2.32. The van der Waals surface area contributed by atoms with Gasteiger partial charge in [-0.2, -0.15) is 0 Å². The van der Waals surface area contributed by atoms with Gasteiger partial charge in [0, 0.05) is 17.8 Å². The van der Waals surface area contributed by atoms with Gasteiger partial charge >= 0.3 is 0 Å². The van der Waals surface area contributed by atoms with E-state index in [0.717, 1.165) is 15.6 Å². The molecule has 1 atom stereocenters. The quantitative estimate of drug-likeness (QED) is 0.798. The van der Waals surface area contributed by atoms with Gasteiger partial charge in [-0.15, -0.1) is 11.3 Å². The summed E-state index contributed by atoms with van der Waals surface area (Å²) in [6, 6.07) is 9.03. The molecule has 0 radical (unpaired) electrons. The van der Waals surface area contributed by atoms with Crippen molar-refractivity contribution >= 4 is 33.3 Å². The van der Waals surface area contributed by atoms with Crippen LogP contribution >= 0.6 is 23.1 Å². The van der Waals surface area contributed by atoms with Gasteiger partial charge in [-0.25, -0.2) is 4.98 Å². The molecule has 0 spiro atoms. The molecule has 0 saturated heterocycles. The van der Waals surface area contributed by atoms with Crippen molar-refractivity contribution < 1.29 is 5.11 Å². The lowest BCUT2D eigenvalue weighted by molar-refractivity contribution is 0.253. The highest BCUT2D eigenvalue weighted by Crippen LogP contribution is 2.30. The topological polar surface area (TPSA) is 45.2 Å². The van der Waals surface area contributed by atoms with E-state index in [1.807, 2.05) is 18.2 Å². The Hall–Kier alpha value is -0.620. The van der Waals surface area contributed by atoms with Gasteiger partial charge < -0.3 is 10.4 Å². The number of para-hydroxylation sites is 1. The molecule has 5 heteroatoms. The Labute approximate surface area is 115 Å². The third-order valence-electron chi connectivity index (χ3n) is 2.95. The normalized spacial score (nSPS) is 17.2. The number of rotatable bonds is 6. The lowest BCUT2D eigenvalue weighted by Gasteiger charge is -2.14. The smallest absolute Gasteiger partial charge is 0.151 e. The number of hydrogen-bond donors (Lipinski definition) is 2. The molecule has 0 aliphatic heterocycles. The zero-order valence-corrected chi connectivity index (χ0v) is 11.6. The first-order valence-corrected chi connectivity index (χ1v) is 8.00. The van der Waals surface area contributed by atoms with E-state index in [0.29, 0.717) is 6.04 Å². The van der Waals surface area contributed by atoms with Crippen LogP contribution in [0.4, 0.5) is 0 Å². The van der Waals surface area contributed by atoms with Crippen molar-refractivity contribution in [2.24, 2.45) is 0 Å². The highest BCUT2D eigenvalue weighted by Gasteiger charge is 2.24. The predicted molar refractivity (Wildman–Crippen MR) is 77.4 cm³/mol. The van der Waals surface area contributed by atoms with Gasteiger partial charge in [-0.1, -0.05) is 23.9 Å². The molecule has 96 valence electrons. The maximum Gasteiger partial charge on any atom is 0.151 e. The Balaban J connectivity index is 1.60. The van der Waals surface area contributed by atoms with Crippen LogP contribution in [0.2, 0.25) is 0 Å². The predicted octanol–water partition coefficient (Wildman–Crippen LogP) is 2.50. The molecule has 1 aliphatic carbocycles. The lowest BCUT2D eigenvalue weighted by Crippen LogP contribution is -2.36. The van der Waals surface area contributed by atoms with Crippen LogP contribution in [-0.4, -0.2) is 34.5 Å². The number of benzene rings is 1. The summed E-state index contributed by atoms with van der Waals surface area (Å²) in [6.45, 7) is 0.203. The molecule has 1 aromatic heterocycles. The van der Waals surface area contributed by atoms with E-state index in [1.165, 1.54) is 17.5 Å². The second-order valence-electron chi connectivity index (χ2n) is 4.58. The Morgan fingerprint density at radius 1 is 1.44 bits per heavy atom. The standard InChI is InChI=1S/C13H16N2OS2/c16-7-10(14-9-5-6-9)8-17-13-15-11-3-1-2-4-12(11)18-13/h1-4,9-10,14,16H,5-8H2. The van der Waals surface area contributed by atoms with E-state index in [9.17, 15) is 5.11 Å². The Morgan fingerprint density at radius 2 is 2.28 bits per heavy atom. The van der Waals surface area contributed by atoms with Crippen molar-refractivity contribution in [2.75, 3.05) is 12.4 Å². The van der Waals surface area contributed by atoms with Gasteiger partial charge in [0.1, 0.15) is 0 Å². The molecule has 1 fully saturated rings. The third-order valence-corrected chi connectivity index (χ3v) is 5.29. The van der Waals surface area contributed by atoms with Crippen molar-refractivity contribution in [3.63, 3.8) is 0 Å².